The Morgan fingerprint density at radius 2 is 1.68 bits per heavy atom. The van der Waals surface area contributed by atoms with Crippen molar-refractivity contribution < 1.29 is 9.59 Å². The standard InChI is InChI=1S/C26H31N5O2S/c1-3-26(2)24(32)31(25(33)28-26)14-8-13-29-15-17-30(18-16-29)23-19-9-4-6-11-21(19)34-22-12-7-5-10-20(22)27-23/h4-7,9-12H,3,8,13-18H2,1-2H3,(H,28,33). The fourth-order valence-corrected chi connectivity index (χ4v) is 5.75. The van der Waals surface area contributed by atoms with Gasteiger partial charge in [0.25, 0.3) is 5.91 Å². The van der Waals surface area contributed by atoms with Crippen molar-refractivity contribution in [1.82, 2.24) is 20.0 Å². The number of benzene rings is 2. The van der Waals surface area contributed by atoms with E-state index >= 15 is 0 Å². The second-order valence-corrected chi connectivity index (χ2v) is 10.3. The van der Waals surface area contributed by atoms with Crippen LogP contribution in [-0.2, 0) is 4.79 Å². The van der Waals surface area contributed by atoms with Crippen LogP contribution in [0.3, 0.4) is 0 Å². The fourth-order valence-electron chi connectivity index (χ4n) is 4.74. The summed E-state index contributed by atoms with van der Waals surface area (Å²) in [4.78, 5) is 38.5. The molecule has 2 saturated heterocycles. The zero-order valence-corrected chi connectivity index (χ0v) is 20.6. The van der Waals surface area contributed by atoms with Crippen LogP contribution in [0.2, 0.25) is 0 Å². The number of carbonyl (C=O) groups is 2. The molecule has 1 unspecified atom stereocenters. The van der Waals surface area contributed by atoms with Gasteiger partial charge in [0, 0.05) is 48.1 Å². The van der Waals surface area contributed by atoms with Crippen molar-refractivity contribution in [3.05, 3.63) is 54.1 Å². The van der Waals surface area contributed by atoms with Gasteiger partial charge in [0.05, 0.1) is 5.69 Å². The fraction of sp³-hybridized carbons (Fsp3) is 0.423. The van der Waals surface area contributed by atoms with Crippen molar-refractivity contribution in [2.45, 2.75) is 42.0 Å². The first-order chi connectivity index (χ1) is 16.5. The van der Waals surface area contributed by atoms with E-state index < -0.39 is 5.54 Å². The molecule has 3 aliphatic heterocycles. The maximum Gasteiger partial charge on any atom is 0.325 e. The number of piperazine rings is 1. The van der Waals surface area contributed by atoms with Crippen molar-refractivity contribution in [2.24, 2.45) is 4.99 Å². The van der Waals surface area contributed by atoms with Gasteiger partial charge in [0.1, 0.15) is 11.4 Å². The van der Waals surface area contributed by atoms with Crippen LogP contribution in [0, 0.1) is 0 Å². The molecule has 1 atom stereocenters. The van der Waals surface area contributed by atoms with Gasteiger partial charge in [-0.05, 0) is 44.5 Å². The molecule has 0 aliphatic carbocycles. The first-order valence-electron chi connectivity index (χ1n) is 12.0. The van der Waals surface area contributed by atoms with Crippen molar-refractivity contribution >= 4 is 35.2 Å². The number of amides is 3. The van der Waals surface area contributed by atoms with Gasteiger partial charge in [-0.1, -0.05) is 49.0 Å². The number of rotatable bonds is 5. The molecule has 0 saturated carbocycles. The molecular weight excluding hydrogens is 446 g/mol. The number of aliphatic imine (C=N–C) groups is 1. The number of imide groups is 1. The number of hydrogen-bond acceptors (Lipinski definition) is 6. The molecule has 3 heterocycles. The highest BCUT2D eigenvalue weighted by Crippen LogP contribution is 2.40. The normalized spacial score (nSPS) is 22.7. The SMILES string of the molecule is CCC1(C)NC(=O)N(CCCN2CCN(C3=Nc4ccccc4Sc4ccccc43)CC2)C1=O. The third kappa shape index (κ3) is 4.32. The molecule has 0 radical (unpaired) electrons. The maximum absolute atomic E-state index is 12.6. The van der Waals surface area contributed by atoms with Gasteiger partial charge in [-0.15, -0.1) is 0 Å². The molecule has 0 aromatic heterocycles. The zero-order chi connectivity index (χ0) is 23.7. The van der Waals surface area contributed by atoms with Gasteiger partial charge < -0.3 is 10.2 Å². The molecule has 5 rings (SSSR count). The van der Waals surface area contributed by atoms with E-state index in [1.54, 1.807) is 18.7 Å². The molecule has 2 fully saturated rings. The first kappa shape index (κ1) is 22.9. The molecule has 34 heavy (non-hydrogen) atoms. The Bertz CT molecular complexity index is 1130. The van der Waals surface area contributed by atoms with Crippen LogP contribution in [0.15, 0.2) is 63.3 Å². The Kier molecular flexibility index (Phi) is 6.36. The minimum Gasteiger partial charge on any atom is -0.354 e. The Morgan fingerprint density at radius 3 is 2.41 bits per heavy atom. The number of fused-ring (bicyclic) bond motifs is 2. The van der Waals surface area contributed by atoms with Crippen LogP contribution in [0.5, 0.6) is 0 Å². The quantitative estimate of drug-likeness (QED) is 0.661. The van der Waals surface area contributed by atoms with Crippen LogP contribution in [0.4, 0.5) is 10.5 Å². The molecule has 2 aromatic carbocycles. The summed E-state index contributed by atoms with van der Waals surface area (Å²) in [5.41, 5.74) is 1.46. The molecule has 2 aromatic rings. The molecule has 0 spiro atoms. The molecule has 3 amide bonds. The van der Waals surface area contributed by atoms with Crippen molar-refractivity contribution in [1.29, 1.82) is 0 Å². The largest absolute Gasteiger partial charge is 0.354 e. The van der Waals surface area contributed by atoms with E-state index in [2.05, 4.69) is 57.6 Å². The minimum absolute atomic E-state index is 0.104. The van der Waals surface area contributed by atoms with Gasteiger partial charge in [0.15, 0.2) is 0 Å². The van der Waals surface area contributed by atoms with Gasteiger partial charge in [0.2, 0.25) is 0 Å². The lowest BCUT2D eigenvalue weighted by molar-refractivity contribution is -0.130. The Morgan fingerprint density at radius 1 is 0.971 bits per heavy atom. The van der Waals surface area contributed by atoms with Crippen LogP contribution in [-0.4, -0.2) is 77.3 Å². The topological polar surface area (TPSA) is 68.2 Å². The van der Waals surface area contributed by atoms with E-state index in [0.717, 1.165) is 50.7 Å². The third-order valence-electron chi connectivity index (χ3n) is 7.02. The number of nitrogens with zero attached hydrogens (tertiary/aromatic N) is 4. The van der Waals surface area contributed by atoms with E-state index in [0.29, 0.717) is 13.0 Å². The molecule has 0 bridgehead atoms. The third-order valence-corrected chi connectivity index (χ3v) is 8.16. The number of amidine groups is 1. The summed E-state index contributed by atoms with van der Waals surface area (Å²) in [7, 11) is 0. The predicted octanol–water partition coefficient (Wildman–Crippen LogP) is 3.96. The number of carbonyl (C=O) groups excluding carboxylic acids is 2. The summed E-state index contributed by atoms with van der Waals surface area (Å²) in [6, 6.07) is 16.6. The minimum atomic E-state index is -0.755. The van der Waals surface area contributed by atoms with Crippen LogP contribution >= 0.6 is 11.8 Å². The highest BCUT2D eigenvalue weighted by atomic mass is 32.2. The monoisotopic (exact) mass is 477 g/mol. The van der Waals surface area contributed by atoms with Gasteiger partial charge in [-0.25, -0.2) is 9.79 Å². The van der Waals surface area contributed by atoms with E-state index in [-0.39, 0.29) is 11.9 Å². The number of hydrogen-bond donors (Lipinski definition) is 1. The van der Waals surface area contributed by atoms with Crippen molar-refractivity contribution in [3.63, 3.8) is 0 Å². The average molecular weight is 478 g/mol. The van der Waals surface area contributed by atoms with E-state index in [4.69, 9.17) is 4.99 Å². The molecule has 8 heteroatoms. The van der Waals surface area contributed by atoms with Crippen LogP contribution < -0.4 is 5.32 Å². The number of urea groups is 1. The summed E-state index contributed by atoms with van der Waals surface area (Å²) in [5, 5.41) is 2.83. The molecule has 178 valence electrons. The van der Waals surface area contributed by atoms with Gasteiger partial charge in [-0.2, -0.15) is 0 Å². The molecule has 3 aliphatic rings. The highest BCUT2D eigenvalue weighted by molar-refractivity contribution is 7.99. The van der Waals surface area contributed by atoms with E-state index in [1.807, 2.05) is 13.0 Å². The number of nitrogens with one attached hydrogen (secondary N) is 1. The maximum atomic E-state index is 12.6. The van der Waals surface area contributed by atoms with Crippen molar-refractivity contribution in [2.75, 3.05) is 39.3 Å². The smallest absolute Gasteiger partial charge is 0.325 e. The van der Waals surface area contributed by atoms with Gasteiger partial charge >= 0.3 is 6.03 Å². The Balaban J connectivity index is 1.21. The Labute approximate surface area is 205 Å². The summed E-state index contributed by atoms with van der Waals surface area (Å²) < 4.78 is 0. The zero-order valence-electron chi connectivity index (χ0n) is 19.8. The summed E-state index contributed by atoms with van der Waals surface area (Å²) in [6.07, 6.45) is 1.39. The molecule has 7 nitrogen and oxygen atoms in total. The highest BCUT2D eigenvalue weighted by Gasteiger charge is 2.46. The molecular formula is C26H31N5O2S. The van der Waals surface area contributed by atoms with E-state index in [9.17, 15) is 9.59 Å². The van der Waals surface area contributed by atoms with Gasteiger partial charge in [-0.3, -0.25) is 14.6 Å². The summed E-state index contributed by atoms with van der Waals surface area (Å²) in [6.45, 7) is 8.73. The predicted molar refractivity (Wildman–Crippen MR) is 135 cm³/mol. The lowest BCUT2D eigenvalue weighted by atomic mass is 9.99. The number of para-hydroxylation sites is 1. The average Bonchev–Trinajstić information content (AvgIpc) is 2.98. The lowest BCUT2D eigenvalue weighted by Gasteiger charge is -2.36. The first-order valence-corrected chi connectivity index (χ1v) is 12.9. The summed E-state index contributed by atoms with van der Waals surface area (Å²) >= 11 is 1.78. The Hall–Kier alpha value is -2.84. The van der Waals surface area contributed by atoms with Crippen LogP contribution in [0.1, 0.15) is 32.3 Å². The van der Waals surface area contributed by atoms with Crippen LogP contribution in [0.25, 0.3) is 0 Å². The van der Waals surface area contributed by atoms with E-state index in [1.165, 1.54) is 20.3 Å². The lowest BCUT2D eigenvalue weighted by Crippen LogP contribution is -2.49. The second-order valence-electron chi connectivity index (χ2n) is 9.26. The summed E-state index contributed by atoms with van der Waals surface area (Å²) in [5.74, 6) is 0.943. The second kappa shape index (κ2) is 9.43. The molecule has 1 N–H and O–H groups in total. The van der Waals surface area contributed by atoms with Crippen molar-refractivity contribution in [3.8, 4) is 0 Å².